The quantitative estimate of drug-likeness (QED) is 0.0163. The van der Waals surface area contributed by atoms with E-state index in [1.807, 2.05) is 18.2 Å². The SMILES string of the molecule is CN(CCCCNc1cccc2c1C(=O)N(C1CCC(=O)NC1=O)C2=O)CCCN1CCC(CNc2ccc(S(=O)(=O)NC(=O)c3ccc(N4CCN(CC5=C(c6ccc(Cl)cc6)CC(C)(C)CC5)CC4)cc3Oc3cnc4[nH]ccc4c3)cc2[N+](=O)[O-])CC1. The van der Waals surface area contributed by atoms with E-state index in [1.165, 1.54) is 35.0 Å². The number of benzene rings is 4. The van der Waals surface area contributed by atoms with Crippen LogP contribution in [0, 0.1) is 21.4 Å². The Morgan fingerprint density at radius 1 is 0.856 bits per heavy atom. The van der Waals surface area contributed by atoms with Gasteiger partial charge in [-0.05, 0) is 181 Å². The van der Waals surface area contributed by atoms with Crippen LogP contribution < -0.4 is 30.3 Å². The van der Waals surface area contributed by atoms with E-state index in [0.29, 0.717) is 43.3 Å². The third kappa shape index (κ3) is 14.8. The minimum Gasteiger partial charge on any atom is -0.455 e. The maximum atomic E-state index is 14.2. The standard InChI is InChI=1S/C66H77ClN12O10S/c1-66(2)24-20-46(53(39-66)44-10-12-47(67)13-11-44)42-76-32-34-77(35-33-76)48-14-16-51(58(37-48)89-49-36-45-21-26-69-61(45)71-41-49)62(81)73-90(87,88)50-15-17-54(57(38-50)79(85)86)70-40-43-22-30-75(31-23-43)29-7-28-74(3)27-5-4-25-68-55-9-6-8-52-60(55)65(84)78(64(52)83)56-18-19-59(80)72-63(56)82/h6,8-17,21,26,36-38,41,43,56,68,70H,4-5,7,18-20,22-25,27-35,39-40,42H2,1-3H3,(H,69,71)(H,73,81)(H,72,80,82). The highest BCUT2D eigenvalue weighted by molar-refractivity contribution is 7.90. The van der Waals surface area contributed by atoms with Gasteiger partial charge < -0.3 is 35.1 Å². The first kappa shape index (κ1) is 63.4. The molecule has 11 rings (SSSR count). The number of hydrogen-bond acceptors (Lipinski definition) is 17. The lowest BCUT2D eigenvalue weighted by Crippen LogP contribution is -2.54. The molecule has 1 atom stereocenters. The number of rotatable bonds is 24. The van der Waals surface area contributed by atoms with Crippen molar-refractivity contribution < 1.29 is 42.1 Å². The maximum absolute atomic E-state index is 14.2. The third-order valence-electron chi connectivity index (χ3n) is 18.1. The number of piperazine rings is 1. The number of carbonyl (C=O) groups excluding carboxylic acids is 5. The molecular formula is C66H77ClN12O10S. The summed E-state index contributed by atoms with van der Waals surface area (Å²) >= 11 is 6.28. The third-order valence-corrected chi connectivity index (χ3v) is 19.7. The Morgan fingerprint density at radius 3 is 2.40 bits per heavy atom. The van der Waals surface area contributed by atoms with E-state index in [4.69, 9.17) is 16.3 Å². The number of nitrogens with one attached hydrogen (secondary N) is 5. The average Bonchev–Trinajstić information content (AvgIpc) is 1.67. The van der Waals surface area contributed by atoms with Crippen LogP contribution in [0.1, 0.15) is 115 Å². The van der Waals surface area contributed by atoms with E-state index in [2.05, 4.69) is 83.3 Å². The highest BCUT2D eigenvalue weighted by Crippen LogP contribution is 2.44. The smallest absolute Gasteiger partial charge is 0.293 e. The number of amides is 5. The number of hydrogen-bond donors (Lipinski definition) is 5. The molecule has 5 N–H and O–H groups in total. The first-order valence-corrected chi connectivity index (χ1v) is 32.9. The lowest BCUT2D eigenvalue weighted by Gasteiger charge is -2.39. The van der Waals surface area contributed by atoms with Crippen molar-refractivity contribution in [1.29, 1.82) is 0 Å². The van der Waals surface area contributed by atoms with Crippen molar-refractivity contribution in [3.8, 4) is 11.5 Å². The molecule has 1 unspecified atom stereocenters. The number of aromatic amines is 1. The number of likely N-dealkylation sites (tertiary alicyclic amines) is 1. The number of nitrogens with zero attached hydrogens (tertiary/aromatic N) is 7. The lowest BCUT2D eigenvalue weighted by molar-refractivity contribution is -0.384. The van der Waals surface area contributed by atoms with Crippen molar-refractivity contribution in [2.45, 2.75) is 89.0 Å². The summed E-state index contributed by atoms with van der Waals surface area (Å²) < 4.78 is 36.5. The molecule has 474 valence electrons. The van der Waals surface area contributed by atoms with Gasteiger partial charge >= 0.3 is 0 Å². The number of carbonyl (C=O) groups is 5. The fourth-order valence-corrected chi connectivity index (χ4v) is 14.0. The van der Waals surface area contributed by atoms with Crippen molar-refractivity contribution in [2.24, 2.45) is 11.3 Å². The zero-order valence-corrected chi connectivity index (χ0v) is 52.6. The van der Waals surface area contributed by atoms with Gasteiger partial charge in [-0.3, -0.25) is 49.2 Å². The molecule has 4 aliphatic heterocycles. The number of allylic oxidation sites excluding steroid dienone is 1. The molecular weight excluding hydrogens is 1190 g/mol. The number of unbranched alkanes of at least 4 members (excludes halogenated alkanes) is 1. The van der Waals surface area contributed by atoms with Crippen LogP contribution in [-0.4, -0.2) is 164 Å². The van der Waals surface area contributed by atoms with E-state index in [9.17, 15) is 42.5 Å². The van der Waals surface area contributed by atoms with E-state index < -0.39 is 61.1 Å². The maximum Gasteiger partial charge on any atom is 0.293 e. The number of sulfonamides is 1. The van der Waals surface area contributed by atoms with Gasteiger partial charge in [0.2, 0.25) is 11.8 Å². The van der Waals surface area contributed by atoms with Gasteiger partial charge in [-0.25, -0.2) is 18.1 Å². The molecule has 6 heterocycles. The molecule has 1 aliphatic carbocycles. The average molecular weight is 1270 g/mol. The number of H-pyrrole nitrogens is 1. The second-order valence-electron chi connectivity index (χ2n) is 25.1. The molecule has 24 heteroatoms. The topological polar surface area (TPSA) is 265 Å². The highest BCUT2D eigenvalue weighted by atomic mass is 35.5. The van der Waals surface area contributed by atoms with E-state index in [0.717, 1.165) is 131 Å². The molecule has 3 fully saturated rings. The molecule has 90 heavy (non-hydrogen) atoms. The van der Waals surface area contributed by atoms with Crippen LogP contribution in [0.25, 0.3) is 16.6 Å². The summed E-state index contributed by atoms with van der Waals surface area (Å²) in [6, 6.07) is 24.5. The van der Waals surface area contributed by atoms with Gasteiger partial charge in [0.15, 0.2) is 0 Å². The fraction of sp³-hybridized carbons (Fsp3) is 0.424. The van der Waals surface area contributed by atoms with Crippen LogP contribution in [-0.2, 0) is 19.6 Å². The van der Waals surface area contributed by atoms with Crippen molar-refractivity contribution in [2.75, 3.05) is 101 Å². The summed E-state index contributed by atoms with van der Waals surface area (Å²) in [7, 11) is -2.54. The Balaban J connectivity index is 0.643. The van der Waals surface area contributed by atoms with Gasteiger partial charge in [-0.2, -0.15) is 0 Å². The molecule has 2 aromatic heterocycles. The second kappa shape index (κ2) is 27.5. The van der Waals surface area contributed by atoms with Crippen LogP contribution >= 0.6 is 11.6 Å². The van der Waals surface area contributed by atoms with E-state index in [-0.39, 0.29) is 52.3 Å². The fourth-order valence-electron chi connectivity index (χ4n) is 12.9. The Labute approximate surface area is 528 Å². The Bertz CT molecular complexity index is 3860. The van der Waals surface area contributed by atoms with Crippen molar-refractivity contribution in [3.05, 3.63) is 146 Å². The monoisotopic (exact) mass is 1260 g/mol. The highest BCUT2D eigenvalue weighted by Gasteiger charge is 2.46. The van der Waals surface area contributed by atoms with Gasteiger partial charge in [-0.15, -0.1) is 0 Å². The van der Waals surface area contributed by atoms with Crippen LogP contribution in [0.2, 0.25) is 5.02 Å². The largest absolute Gasteiger partial charge is 0.455 e. The van der Waals surface area contributed by atoms with Gasteiger partial charge in [0, 0.05) is 92.3 Å². The van der Waals surface area contributed by atoms with Crippen LogP contribution in [0.4, 0.5) is 22.7 Å². The van der Waals surface area contributed by atoms with E-state index in [1.54, 1.807) is 48.7 Å². The number of anilines is 3. The minimum atomic E-state index is -4.63. The van der Waals surface area contributed by atoms with Crippen molar-refractivity contribution in [1.82, 2.24) is 39.6 Å². The number of aromatic nitrogens is 2. The number of pyridine rings is 1. The van der Waals surface area contributed by atoms with E-state index >= 15 is 0 Å². The van der Waals surface area contributed by atoms with Gasteiger partial charge in [0.05, 0.1) is 32.7 Å². The Kier molecular flexibility index (Phi) is 19.3. The van der Waals surface area contributed by atoms with Crippen molar-refractivity contribution >= 4 is 90.5 Å². The number of piperidine rings is 2. The summed E-state index contributed by atoms with van der Waals surface area (Å²) in [5.74, 6) is -2.42. The van der Waals surface area contributed by atoms with Crippen LogP contribution in [0.15, 0.2) is 114 Å². The zero-order chi connectivity index (χ0) is 63.3. The number of imide groups is 2. The molecule has 0 radical (unpaired) electrons. The predicted molar refractivity (Wildman–Crippen MR) is 346 cm³/mol. The number of fused-ring (bicyclic) bond motifs is 2. The molecule has 22 nitrogen and oxygen atoms in total. The Hall–Kier alpha value is -8.22. The van der Waals surface area contributed by atoms with Crippen LogP contribution in [0.5, 0.6) is 11.5 Å². The molecule has 5 aliphatic rings. The second-order valence-corrected chi connectivity index (χ2v) is 27.2. The Morgan fingerprint density at radius 2 is 1.63 bits per heavy atom. The number of nitro groups is 1. The predicted octanol–water partition coefficient (Wildman–Crippen LogP) is 9.56. The number of halogens is 1. The summed E-state index contributed by atoms with van der Waals surface area (Å²) in [5.41, 5.74) is 6.44. The summed E-state index contributed by atoms with van der Waals surface area (Å²) in [5, 5.41) is 22.7. The first-order valence-electron chi connectivity index (χ1n) is 31.0. The molecule has 0 saturated carbocycles. The summed E-state index contributed by atoms with van der Waals surface area (Å²) in [4.78, 5) is 94.4. The zero-order valence-electron chi connectivity index (χ0n) is 51.0. The molecule has 0 spiro atoms. The molecule has 5 amide bonds. The number of nitro benzene ring substituents is 1. The van der Waals surface area contributed by atoms with Gasteiger partial charge in [0.1, 0.15) is 28.9 Å². The molecule has 3 saturated heterocycles. The van der Waals surface area contributed by atoms with Gasteiger partial charge in [-0.1, -0.05) is 49.2 Å². The number of ether oxygens (including phenoxy) is 1. The summed E-state index contributed by atoms with van der Waals surface area (Å²) in [6.07, 6.45) is 11.1. The minimum absolute atomic E-state index is 0.0555. The normalized spacial score (nSPS) is 18.5. The van der Waals surface area contributed by atoms with Crippen LogP contribution in [0.3, 0.4) is 0 Å². The molecule has 4 aromatic carbocycles. The van der Waals surface area contributed by atoms with Gasteiger partial charge in [0.25, 0.3) is 33.4 Å². The molecule has 0 bridgehead atoms. The van der Waals surface area contributed by atoms with Crippen molar-refractivity contribution in [3.63, 3.8) is 0 Å². The lowest BCUT2D eigenvalue weighted by atomic mass is 9.72. The first-order chi connectivity index (χ1) is 43.2. The summed E-state index contributed by atoms with van der Waals surface area (Å²) in [6.45, 7) is 14.0. The molecule has 6 aromatic rings.